The van der Waals surface area contributed by atoms with Gasteiger partial charge < -0.3 is 9.47 Å². The Morgan fingerprint density at radius 3 is 2.43 bits per heavy atom. The van der Waals surface area contributed by atoms with Crippen molar-refractivity contribution >= 4 is 8.07 Å². The van der Waals surface area contributed by atoms with Crippen molar-refractivity contribution in [2.75, 3.05) is 13.2 Å². The molecule has 3 heteroatoms. The van der Waals surface area contributed by atoms with Crippen LogP contribution in [0.5, 0.6) is 0 Å². The van der Waals surface area contributed by atoms with Gasteiger partial charge in [-0.05, 0) is 94.1 Å². The molecule has 0 aromatic rings. The molecule has 1 aliphatic heterocycles. The van der Waals surface area contributed by atoms with Gasteiger partial charge in [0.2, 0.25) is 0 Å². The van der Waals surface area contributed by atoms with E-state index in [1.54, 1.807) is 5.57 Å². The van der Waals surface area contributed by atoms with Crippen LogP contribution in [0.15, 0.2) is 48.1 Å². The first kappa shape index (κ1) is 27.7. The van der Waals surface area contributed by atoms with Gasteiger partial charge in [-0.15, -0.1) is 0 Å². The first-order valence-corrected chi connectivity index (χ1v) is 18.7. The molecule has 8 atom stereocenters. The summed E-state index contributed by atoms with van der Waals surface area (Å²) in [5.41, 5.74) is 3.64. The fourth-order valence-electron chi connectivity index (χ4n) is 8.92. The quantitative estimate of drug-likeness (QED) is 0.199. The van der Waals surface area contributed by atoms with Crippen LogP contribution in [0.3, 0.4) is 0 Å². The Bertz CT molecular complexity index is 873. The lowest BCUT2D eigenvalue weighted by Crippen LogP contribution is -2.45. The van der Waals surface area contributed by atoms with Crippen molar-refractivity contribution in [3.05, 3.63) is 48.1 Å². The van der Waals surface area contributed by atoms with E-state index in [-0.39, 0.29) is 5.60 Å². The zero-order valence-electron chi connectivity index (χ0n) is 24.3. The summed E-state index contributed by atoms with van der Waals surface area (Å²) < 4.78 is 12.1. The zero-order valence-corrected chi connectivity index (χ0v) is 25.3. The normalized spacial score (nSPS) is 36.4. The van der Waals surface area contributed by atoms with E-state index in [9.17, 15) is 0 Å². The molecule has 8 unspecified atom stereocenters. The molecule has 4 aliphatic carbocycles. The Labute approximate surface area is 229 Å². The van der Waals surface area contributed by atoms with Crippen LogP contribution in [-0.2, 0) is 9.47 Å². The lowest BCUT2D eigenvalue weighted by Gasteiger charge is -2.45. The minimum absolute atomic E-state index is 0.00379. The zero-order chi connectivity index (χ0) is 25.9. The maximum atomic E-state index is 6.07. The maximum Gasteiger partial charge on any atom is 0.0613 e. The van der Waals surface area contributed by atoms with Crippen LogP contribution in [0.1, 0.15) is 91.4 Å². The van der Waals surface area contributed by atoms with Gasteiger partial charge in [-0.1, -0.05) is 92.8 Å². The molecule has 5 aliphatic rings. The molecule has 206 valence electrons. The summed E-state index contributed by atoms with van der Waals surface area (Å²) in [4.78, 5) is 0. The highest BCUT2D eigenvalue weighted by molar-refractivity contribution is 6.81. The van der Waals surface area contributed by atoms with Crippen LogP contribution < -0.4 is 0 Å². The molecule has 1 heterocycles. The third-order valence-electron chi connectivity index (χ3n) is 10.7. The van der Waals surface area contributed by atoms with Gasteiger partial charge in [0.05, 0.1) is 19.8 Å². The molecule has 2 nitrogen and oxygen atoms in total. The Morgan fingerprint density at radius 2 is 1.62 bits per heavy atom. The second kappa shape index (κ2) is 12.1. The Balaban J connectivity index is 1.26. The number of fused-ring (bicyclic) bond motifs is 2. The first-order valence-electron chi connectivity index (χ1n) is 15.8. The highest BCUT2D eigenvalue weighted by Gasteiger charge is 2.54. The summed E-state index contributed by atoms with van der Waals surface area (Å²) in [7, 11) is -1.50. The SMILES string of the molecule is CC(C)(C)OCCCCCC[Si](C)(C1CCC2C=CC=CC21)C1CCC2C(CC3CCCO3)=CC=CC21. The molecule has 0 bridgehead atoms. The second-order valence-corrected chi connectivity index (χ2v) is 19.2. The standard InChI is InChI=1S/C34H54O2Si/c1-34(2,3)36-23-9-5-6-10-24-37(4,32-20-18-26-13-7-8-16-30(26)32)33-21-19-29-27(14-11-17-31(29)33)25-28-15-12-22-35-28/h7-8,11,13-14,16-17,26,28-33H,5-6,9-10,12,15,18-25H2,1-4H3. The average molecular weight is 523 g/mol. The third kappa shape index (κ3) is 6.47. The Morgan fingerprint density at radius 1 is 0.865 bits per heavy atom. The first-order chi connectivity index (χ1) is 17.9. The summed E-state index contributed by atoms with van der Waals surface area (Å²) in [5.74, 6) is 3.21. The van der Waals surface area contributed by atoms with Gasteiger partial charge in [0.1, 0.15) is 0 Å². The molecule has 0 aromatic heterocycles. The molecule has 0 amide bonds. The molecule has 1 saturated heterocycles. The van der Waals surface area contributed by atoms with E-state index in [2.05, 4.69) is 69.9 Å². The number of allylic oxidation sites excluding steroid dienone is 7. The molecule has 0 radical (unpaired) electrons. The summed E-state index contributed by atoms with van der Waals surface area (Å²) in [6.45, 7) is 11.3. The highest BCUT2D eigenvalue weighted by Crippen LogP contribution is 2.61. The van der Waals surface area contributed by atoms with Gasteiger partial charge in [-0.3, -0.25) is 0 Å². The summed E-state index contributed by atoms with van der Waals surface area (Å²) >= 11 is 0. The number of hydrogen-bond acceptors (Lipinski definition) is 2. The minimum Gasteiger partial charge on any atom is -0.378 e. The smallest absolute Gasteiger partial charge is 0.0613 e. The van der Waals surface area contributed by atoms with Crippen molar-refractivity contribution < 1.29 is 9.47 Å². The Hall–Kier alpha value is -0.903. The molecule has 0 N–H and O–H groups in total. The molecule has 5 rings (SSSR count). The van der Waals surface area contributed by atoms with Crippen molar-refractivity contribution in [3.63, 3.8) is 0 Å². The van der Waals surface area contributed by atoms with E-state index >= 15 is 0 Å². The van der Waals surface area contributed by atoms with E-state index < -0.39 is 8.07 Å². The lowest BCUT2D eigenvalue weighted by atomic mass is 9.82. The summed E-state index contributed by atoms with van der Waals surface area (Å²) in [6, 6.07) is 1.53. The molecule has 0 aromatic carbocycles. The predicted octanol–water partition coefficient (Wildman–Crippen LogP) is 9.42. The minimum atomic E-state index is -1.50. The highest BCUT2D eigenvalue weighted by atomic mass is 28.3. The monoisotopic (exact) mass is 522 g/mol. The number of rotatable bonds is 11. The van der Waals surface area contributed by atoms with E-state index in [1.807, 2.05) is 0 Å². The van der Waals surface area contributed by atoms with Crippen LogP contribution in [0.2, 0.25) is 23.7 Å². The van der Waals surface area contributed by atoms with Crippen molar-refractivity contribution in [2.24, 2.45) is 23.7 Å². The van der Waals surface area contributed by atoms with Gasteiger partial charge in [0.25, 0.3) is 0 Å². The van der Waals surface area contributed by atoms with E-state index in [0.717, 1.165) is 48.0 Å². The fraction of sp³-hybridized carbons (Fsp3) is 0.765. The van der Waals surface area contributed by atoms with Gasteiger partial charge >= 0.3 is 0 Å². The van der Waals surface area contributed by atoms with Gasteiger partial charge in [-0.25, -0.2) is 0 Å². The molecule has 0 spiro atoms. The molecule has 37 heavy (non-hydrogen) atoms. The maximum absolute atomic E-state index is 6.07. The van der Waals surface area contributed by atoms with Crippen LogP contribution in [-0.4, -0.2) is 33.0 Å². The van der Waals surface area contributed by atoms with Crippen LogP contribution in [0.25, 0.3) is 0 Å². The van der Waals surface area contributed by atoms with E-state index in [0.29, 0.717) is 6.10 Å². The second-order valence-electron chi connectivity index (χ2n) is 14.2. The van der Waals surface area contributed by atoms with Crippen molar-refractivity contribution in [1.82, 2.24) is 0 Å². The van der Waals surface area contributed by atoms with Gasteiger partial charge in [-0.2, -0.15) is 0 Å². The molecule has 2 saturated carbocycles. The third-order valence-corrected chi connectivity index (χ3v) is 16.9. The summed E-state index contributed by atoms with van der Waals surface area (Å²) in [6.07, 6.45) is 32.7. The van der Waals surface area contributed by atoms with Crippen LogP contribution >= 0.6 is 0 Å². The van der Waals surface area contributed by atoms with Crippen molar-refractivity contribution in [2.45, 2.75) is 127 Å². The van der Waals surface area contributed by atoms with Gasteiger partial charge in [0, 0.05) is 13.2 Å². The predicted molar refractivity (Wildman–Crippen MR) is 160 cm³/mol. The number of unbranched alkanes of at least 4 members (excludes halogenated alkanes) is 3. The largest absolute Gasteiger partial charge is 0.378 e. The average Bonchev–Trinajstić information content (AvgIpc) is 3.63. The number of hydrogen-bond donors (Lipinski definition) is 0. The number of ether oxygens (including phenoxy) is 2. The lowest BCUT2D eigenvalue weighted by molar-refractivity contribution is -0.00471. The van der Waals surface area contributed by atoms with Crippen LogP contribution in [0.4, 0.5) is 0 Å². The van der Waals surface area contributed by atoms with E-state index in [1.165, 1.54) is 76.7 Å². The van der Waals surface area contributed by atoms with E-state index in [4.69, 9.17) is 9.47 Å². The Kier molecular flexibility index (Phi) is 9.04. The van der Waals surface area contributed by atoms with Gasteiger partial charge in [0.15, 0.2) is 0 Å². The van der Waals surface area contributed by atoms with Crippen molar-refractivity contribution in [3.8, 4) is 0 Å². The molecule has 3 fully saturated rings. The molecular formula is C34H54O2Si. The van der Waals surface area contributed by atoms with Crippen LogP contribution in [0, 0.1) is 23.7 Å². The summed E-state index contributed by atoms with van der Waals surface area (Å²) in [5, 5.41) is 0. The fourth-order valence-corrected chi connectivity index (χ4v) is 15.3. The molecular weight excluding hydrogens is 468 g/mol. The van der Waals surface area contributed by atoms with Crippen molar-refractivity contribution in [1.29, 1.82) is 0 Å². The topological polar surface area (TPSA) is 18.5 Å².